The Morgan fingerprint density at radius 2 is 1.33 bits per heavy atom. The van der Waals surface area contributed by atoms with Gasteiger partial charge in [0.25, 0.3) is 0 Å². The lowest BCUT2D eigenvalue weighted by molar-refractivity contribution is 0.0526. The molecule has 0 aliphatic carbocycles. The fourth-order valence-electron chi connectivity index (χ4n) is 3.32. The van der Waals surface area contributed by atoms with Gasteiger partial charge in [-0.15, -0.1) is 0 Å². The third-order valence-corrected chi connectivity index (χ3v) is 4.49. The number of fused-ring (bicyclic) bond motifs is 3. The van der Waals surface area contributed by atoms with E-state index in [9.17, 15) is 4.79 Å². The standard InChI is InChI=1S/C22H19NO2.C2H6/c1-2-25-22(24)17-13-11-16(12-14-17)15-23-20-9-5-3-7-18(20)19-8-4-6-10-21(19)23;1-2/h3-14H,2,15H2,1H3;1-2H3. The van der Waals surface area contributed by atoms with E-state index in [0.29, 0.717) is 12.2 Å². The van der Waals surface area contributed by atoms with Crippen molar-refractivity contribution < 1.29 is 9.53 Å². The summed E-state index contributed by atoms with van der Waals surface area (Å²) in [5.41, 5.74) is 4.18. The predicted molar refractivity (Wildman–Crippen MR) is 112 cm³/mol. The average molecular weight is 359 g/mol. The van der Waals surface area contributed by atoms with Gasteiger partial charge in [-0.2, -0.15) is 0 Å². The SMILES string of the molecule is CC.CCOC(=O)c1ccc(Cn2c3ccccc3c3ccccc32)cc1. The van der Waals surface area contributed by atoms with Crippen LogP contribution in [-0.2, 0) is 11.3 Å². The molecule has 4 rings (SSSR count). The summed E-state index contributed by atoms with van der Waals surface area (Å²) in [5, 5.41) is 2.53. The zero-order valence-electron chi connectivity index (χ0n) is 16.1. The summed E-state index contributed by atoms with van der Waals surface area (Å²) in [7, 11) is 0. The number of benzene rings is 3. The molecule has 0 aliphatic rings. The van der Waals surface area contributed by atoms with Crippen molar-refractivity contribution in [1.29, 1.82) is 0 Å². The van der Waals surface area contributed by atoms with Crippen LogP contribution in [0.3, 0.4) is 0 Å². The van der Waals surface area contributed by atoms with Gasteiger partial charge in [0.2, 0.25) is 0 Å². The molecule has 1 heterocycles. The molecule has 0 radical (unpaired) electrons. The van der Waals surface area contributed by atoms with E-state index in [2.05, 4.69) is 53.1 Å². The number of para-hydroxylation sites is 2. The van der Waals surface area contributed by atoms with Gasteiger partial charge in [-0.05, 0) is 36.8 Å². The second kappa shape index (κ2) is 8.54. The van der Waals surface area contributed by atoms with Gasteiger partial charge < -0.3 is 9.30 Å². The fourth-order valence-corrected chi connectivity index (χ4v) is 3.32. The molecular formula is C24H25NO2. The van der Waals surface area contributed by atoms with E-state index in [0.717, 1.165) is 12.1 Å². The Morgan fingerprint density at radius 3 is 1.85 bits per heavy atom. The molecule has 3 heteroatoms. The van der Waals surface area contributed by atoms with Crippen LogP contribution in [0, 0.1) is 0 Å². The lowest BCUT2D eigenvalue weighted by Gasteiger charge is -2.09. The monoisotopic (exact) mass is 359 g/mol. The van der Waals surface area contributed by atoms with E-state index in [4.69, 9.17) is 4.74 Å². The Kier molecular flexibility index (Phi) is 5.92. The minimum absolute atomic E-state index is 0.272. The molecule has 0 amide bonds. The van der Waals surface area contributed by atoms with Crippen molar-refractivity contribution in [3.63, 3.8) is 0 Å². The van der Waals surface area contributed by atoms with E-state index in [1.165, 1.54) is 21.8 Å². The lowest BCUT2D eigenvalue weighted by atomic mass is 10.1. The Bertz CT molecular complexity index is 992. The Morgan fingerprint density at radius 1 is 0.815 bits per heavy atom. The van der Waals surface area contributed by atoms with Crippen LogP contribution in [0.2, 0.25) is 0 Å². The van der Waals surface area contributed by atoms with Crippen LogP contribution in [0.25, 0.3) is 21.8 Å². The number of rotatable bonds is 4. The molecular weight excluding hydrogens is 334 g/mol. The number of carbonyl (C=O) groups is 1. The van der Waals surface area contributed by atoms with Crippen LogP contribution in [0.1, 0.15) is 36.7 Å². The van der Waals surface area contributed by atoms with Crippen molar-refractivity contribution in [2.24, 2.45) is 0 Å². The number of hydrogen-bond acceptors (Lipinski definition) is 2. The van der Waals surface area contributed by atoms with Crippen LogP contribution in [0.4, 0.5) is 0 Å². The third kappa shape index (κ3) is 3.72. The number of esters is 1. The maximum atomic E-state index is 11.8. The molecule has 27 heavy (non-hydrogen) atoms. The molecule has 4 aromatic rings. The van der Waals surface area contributed by atoms with Gasteiger partial charge in [-0.3, -0.25) is 0 Å². The van der Waals surface area contributed by atoms with Crippen molar-refractivity contribution in [2.45, 2.75) is 27.3 Å². The second-order valence-corrected chi connectivity index (χ2v) is 6.04. The van der Waals surface area contributed by atoms with Gasteiger partial charge in [-0.1, -0.05) is 62.4 Å². The molecule has 3 nitrogen and oxygen atoms in total. The van der Waals surface area contributed by atoms with Gasteiger partial charge in [0, 0.05) is 28.4 Å². The van der Waals surface area contributed by atoms with Gasteiger partial charge in [0.05, 0.1) is 12.2 Å². The average Bonchev–Trinajstić information content (AvgIpc) is 3.04. The van der Waals surface area contributed by atoms with E-state index in [1.54, 1.807) is 0 Å². The van der Waals surface area contributed by atoms with Gasteiger partial charge >= 0.3 is 5.97 Å². The number of carbonyl (C=O) groups excluding carboxylic acids is 1. The second-order valence-electron chi connectivity index (χ2n) is 6.04. The smallest absolute Gasteiger partial charge is 0.338 e. The van der Waals surface area contributed by atoms with Gasteiger partial charge in [0.15, 0.2) is 0 Å². The number of aromatic nitrogens is 1. The minimum Gasteiger partial charge on any atom is -0.462 e. The number of hydrogen-bond donors (Lipinski definition) is 0. The first kappa shape index (κ1) is 18.7. The molecule has 0 atom stereocenters. The molecule has 0 spiro atoms. The van der Waals surface area contributed by atoms with Crippen LogP contribution < -0.4 is 0 Å². The molecule has 0 aliphatic heterocycles. The summed E-state index contributed by atoms with van der Waals surface area (Å²) in [4.78, 5) is 11.8. The molecule has 0 saturated heterocycles. The largest absolute Gasteiger partial charge is 0.462 e. The molecule has 138 valence electrons. The Balaban J connectivity index is 0.00000102. The van der Waals surface area contributed by atoms with Crippen molar-refractivity contribution in [3.05, 3.63) is 83.9 Å². The molecule has 3 aromatic carbocycles. The Labute approximate surface area is 160 Å². The highest BCUT2D eigenvalue weighted by Gasteiger charge is 2.11. The molecule has 1 aromatic heterocycles. The zero-order valence-corrected chi connectivity index (χ0v) is 16.1. The summed E-state index contributed by atoms with van der Waals surface area (Å²) in [6, 6.07) is 24.6. The number of ether oxygens (including phenoxy) is 1. The molecule has 0 N–H and O–H groups in total. The third-order valence-electron chi connectivity index (χ3n) is 4.49. The van der Waals surface area contributed by atoms with Crippen molar-refractivity contribution >= 4 is 27.8 Å². The zero-order chi connectivity index (χ0) is 19.2. The summed E-state index contributed by atoms with van der Waals surface area (Å²) >= 11 is 0. The van der Waals surface area contributed by atoms with Crippen molar-refractivity contribution in [3.8, 4) is 0 Å². The van der Waals surface area contributed by atoms with Crippen LogP contribution >= 0.6 is 0 Å². The van der Waals surface area contributed by atoms with E-state index < -0.39 is 0 Å². The van der Waals surface area contributed by atoms with E-state index in [-0.39, 0.29) is 5.97 Å². The summed E-state index contributed by atoms with van der Waals surface area (Å²) in [5.74, 6) is -0.272. The highest BCUT2D eigenvalue weighted by atomic mass is 16.5. The maximum absolute atomic E-state index is 11.8. The molecule has 0 bridgehead atoms. The Hall–Kier alpha value is -3.07. The van der Waals surface area contributed by atoms with E-state index in [1.807, 2.05) is 45.0 Å². The summed E-state index contributed by atoms with van der Waals surface area (Å²) < 4.78 is 7.37. The number of nitrogens with zero attached hydrogens (tertiary/aromatic N) is 1. The van der Waals surface area contributed by atoms with Gasteiger partial charge in [0.1, 0.15) is 0 Å². The highest BCUT2D eigenvalue weighted by Crippen LogP contribution is 2.29. The van der Waals surface area contributed by atoms with Crippen molar-refractivity contribution in [1.82, 2.24) is 4.57 Å². The first-order chi connectivity index (χ1) is 13.3. The lowest BCUT2D eigenvalue weighted by Crippen LogP contribution is -2.05. The minimum atomic E-state index is -0.272. The first-order valence-corrected chi connectivity index (χ1v) is 9.50. The fraction of sp³-hybridized carbons (Fsp3) is 0.208. The van der Waals surface area contributed by atoms with E-state index >= 15 is 0 Å². The molecule has 0 saturated carbocycles. The predicted octanol–water partition coefficient (Wildman–Crippen LogP) is 6.05. The summed E-state index contributed by atoms with van der Waals surface area (Å²) in [6.07, 6.45) is 0. The quantitative estimate of drug-likeness (QED) is 0.416. The van der Waals surface area contributed by atoms with Crippen molar-refractivity contribution in [2.75, 3.05) is 6.61 Å². The normalized spacial score (nSPS) is 10.5. The van der Waals surface area contributed by atoms with Crippen LogP contribution in [0.5, 0.6) is 0 Å². The topological polar surface area (TPSA) is 31.2 Å². The maximum Gasteiger partial charge on any atom is 0.338 e. The molecule has 0 fully saturated rings. The molecule has 0 unspecified atom stereocenters. The highest BCUT2D eigenvalue weighted by molar-refractivity contribution is 6.08. The van der Waals surface area contributed by atoms with Gasteiger partial charge in [-0.25, -0.2) is 4.79 Å². The van der Waals surface area contributed by atoms with Crippen LogP contribution in [0.15, 0.2) is 72.8 Å². The summed E-state index contributed by atoms with van der Waals surface area (Å²) in [6.45, 7) is 6.97. The first-order valence-electron chi connectivity index (χ1n) is 9.50. The van der Waals surface area contributed by atoms with Crippen LogP contribution in [-0.4, -0.2) is 17.1 Å².